The van der Waals surface area contributed by atoms with Crippen molar-refractivity contribution in [1.82, 2.24) is 10.3 Å². The van der Waals surface area contributed by atoms with E-state index >= 15 is 0 Å². The standard InChI is InChI=1S/C30H41N3O5/c1-19-15-25(37-3)16-20(2)27(19)29(34)32-13-10-23(30(35)36)11-14-38-26-17-21(18-26)6-8-24-9-7-22-5-4-12-31-28(22)33-24/h7,9,15-16,21,23,26H,4-6,8,10-14,17-18H2,1-3H3,(H,31,33)(H,32,34)(H,35,36)/t21-,23?,26+. The van der Waals surface area contributed by atoms with E-state index in [0.29, 0.717) is 43.2 Å². The van der Waals surface area contributed by atoms with Crippen molar-refractivity contribution in [3.05, 3.63) is 52.2 Å². The highest BCUT2D eigenvalue weighted by molar-refractivity contribution is 5.97. The summed E-state index contributed by atoms with van der Waals surface area (Å²) >= 11 is 0. The zero-order valence-corrected chi connectivity index (χ0v) is 22.8. The summed E-state index contributed by atoms with van der Waals surface area (Å²) in [5.41, 5.74) is 4.74. The third kappa shape index (κ3) is 7.25. The molecular weight excluding hydrogens is 482 g/mol. The molecule has 206 valence electrons. The van der Waals surface area contributed by atoms with Crippen LogP contribution in [0.3, 0.4) is 0 Å². The van der Waals surface area contributed by atoms with E-state index < -0.39 is 11.9 Å². The first-order chi connectivity index (χ1) is 18.3. The summed E-state index contributed by atoms with van der Waals surface area (Å²) in [6.07, 6.45) is 7.45. The number of carboxylic acids is 1. The minimum Gasteiger partial charge on any atom is -0.497 e. The number of nitrogens with zero attached hydrogens (tertiary/aromatic N) is 1. The predicted molar refractivity (Wildman–Crippen MR) is 147 cm³/mol. The molecule has 1 aliphatic carbocycles. The Labute approximate surface area is 225 Å². The molecule has 0 bridgehead atoms. The maximum absolute atomic E-state index is 12.7. The van der Waals surface area contributed by atoms with Crippen molar-refractivity contribution in [2.75, 3.05) is 32.1 Å². The number of fused-ring (bicyclic) bond motifs is 1. The molecule has 0 spiro atoms. The maximum atomic E-state index is 12.7. The third-order valence-electron chi connectivity index (χ3n) is 7.87. The van der Waals surface area contributed by atoms with Gasteiger partial charge in [-0.1, -0.05) is 6.07 Å². The molecule has 2 heterocycles. The number of nitrogens with one attached hydrogen (secondary N) is 2. The van der Waals surface area contributed by atoms with E-state index in [9.17, 15) is 14.7 Å². The van der Waals surface area contributed by atoms with Crippen molar-refractivity contribution in [3.63, 3.8) is 0 Å². The number of rotatable bonds is 13. The number of carboxylic acid groups (broad SMARTS) is 1. The molecule has 2 aromatic rings. The van der Waals surface area contributed by atoms with Crippen LogP contribution in [0, 0.1) is 25.7 Å². The van der Waals surface area contributed by atoms with Gasteiger partial charge in [0.25, 0.3) is 5.91 Å². The molecule has 1 aromatic carbocycles. The van der Waals surface area contributed by atoms with Crippen LogP contribution in [-0.4, -0.2) is 54.9 Å². The zero-order valence-electron chi connectivity index (χ0n) is 22.8. The highest BCUT2D eigenvalue weighted by Crippen LogP contribution is 2.34. The number of ether oxygens (including phenoxy) is 2. The topological polar surface area (TPSA) is 110 Å². The lowest BCUT2D eigenvalue weighted by atomic mass is 9.79. The first-order valence-corrected chi connectivity index (χ1v) is 13.8. The molecule has 1 aromatic heterocycles. The Kier molecular flexibility index (Phi) is 9.61. The summed E-state index contributed by atoms with van der Waals surface area (Å²) in [6, 6.07) is 8.02. The van der Waals surface area contributed by atoms with Gasteiger partial charge in [0.2, 0.25) is 0 Å². The molecule has 1 atom stereocenters. The number of carbonyl (C=O) groups is 2. The second-order valence-corrected chi connectivity index (χ2v) is 10.7. The molecule has 0 radical (unpaired) electrons. The van der Waals surface area contributed by atoms with Crippen LogP contribution < -0.4 is 15.4 Å². The van der Waals surface area contributed by atoms with Crippen molar-refractivity contribution in [3.8, 4) is 5.75 Å². The number of anilines is 1. The minimum atomic E-state index is -0.849. The Bertz CT molecular complexity index is 1110. The van der Waals surface area contributed by atoms with Gasteiger partial charge >= 0.3 is 5.97 Å². The molecule has 8 nitrogen and oxygen atoms in total. The number of methoxy groups -OCH3 is 1. The lowest BCUT2D eigenvalue weighted by Gasteiger charge is -2.35. The Hall–Kier alpha value is -3.13. The molecule has 1 aliphatic heterocycles. The number of aliphatic carboxylic acids is 1. The number of hydrogen-bond donors (Lipinski definition) is 3. The number of hydrogen-bond acceptors (Lipinski definition) is 6. The van der Waals surface area contributed by atoms with Crippen molar-refractivity contribution in [1.29, 1.82) is 0 Å². The van der Waals surface area contributed by atoms with Gasteiger partial charge < -0.3 is 25.2 Å². The first-order valence-electron chi connectivity index (χ1n) is 13.8. The van der Waals surface area contributed by atoms with Crippen LogP contribution >= 0.6 is 0 Å². The van der Waals surface area contributed by atoms with Crippen molar-refractivity contribution < 1.29 is 24.2 Å². The lowest BCUT2D eigenvalue weighted by Crippen LogP contribution is -2.33. The fraction of sp³-hybridized carbons (Fsp3) is 0.567. The molecule has 1 saturated carbocycles. The summed E-state index contributed by atoms with van der Waals surface area (Å²) in [7, 11) is 1.60. The Morgan fingerprint density at radius 2 is 1.95 bits per heavy atom. The highest BCUT2D eigenvalue weighted by atomic mass is 16.5. The van der Waals surface area contributed by atoms with Gasteiger partial charge in [-0.2, -0.15) is 0 Å². The van der Waals surface area contributed by atoms with Crippen molar-refractivity contribution >= 4 is 17.7 Å². The largest absolute Gasteiger partial charge is 0.497 e. The van der Waals surface area contributed by atoms with E-state index in [1.807, 2.05) is 26.0 Å². The van der Waals surface area contributed by atoms with Crippen LogP contribution in [0.1, 0.15) is 71.3 Å². The average molecular weight is 524 g/mol. The number of carbonyl (C=O) groups excluding carboxylic acids is 1. The number of aryl methyl sites for hydroxylation is 4. The van der Waals surface area contributed by atoms with E-state index in [4.69, 9.17) is 14.5 Å². The Balaban J connectivity index is 1.12. The van der Waals surface area contributed by atoms with Crippen LogP contribution in [0.4, 0.5) is 5.82 Å². The third-order valence-corrected chi connectivity index (χ3v) is 7.87. The molecule has 2 aliphatic rings. The number of pyridine rings is 1. The molecule has 4 rings (SSSR count). The molecule has 0 saturated heterocycles. The quantitative estimate of drug-likeness (QED) is 0.349. The summed E-state index contributed by atoms with van der Waals surface area (Å²) in [6.45, 7) is 5.48. The van der Waals surface area contributed by atoms with Crippen LogP contribution in [-0.2, 0) is 22.4 Å². The van der Waals surface area contributed by atoms with Crippen molar-refractivity contribution in [2.45, 2.75) is 71.3 Å². The van der Waals surface area contributed by atoms with E-state index in [2.05, 4.69) is 22.8 Å². The molecule has 1 amide bonds. The highest BCUT2D eigenvalue weighted by Gasteiger charge is 2.30. The monoisotopic (exact) mass is 523 g/mol. The number of benzene rings is 1. The molecule has 1 fully saturated rings. The average Bonchev–Trinajstić information content (AvgIpc) is 2.87. The molecule has 8 heteroatoms. The van der Waals surface area contributed by atoms with Crippen LogP contribution in [0.25, 0.3) is 0 Å². The molecular formula is C30H41N3O5. The van der Waals surface area contributed by atoms with Gasteiger partial charge in [-0.05, 0) is 106 Å². The fourth-order valence-electron chi connectivity index (χ4n) is 5.52. The second kappa shape index (κ2) is 13.1. The SMILES string of the molecule is COc1cc(C)c(C(=O)NCCC(CCO[C@H]2C[C@@H](CCc3ccc4c(n3)NCCC4)C2)C(=O)O)c(C)c1. The van der Waals surface area contributed by atoms with E-state index in [1.54, 1.807) is 7.11 Å². The summed E-state index contributed by atoms with van der Waals surface area (Å²) in [4.78, 5) is 29.2. The van der Waals surface area contributed by atoms with E-state index in [-0.39, 0.29) is 12.0 Å². The zero-order chi connectivity index (χ0) is 27.1. The Morgan fingerprint density at radius 1 is 1.18 bits per heavy atom. The normalized spacial score (nSPS) is 19.0. The maximum Gasteiger partial charge on any atom is 0.306 e. The van der Waals surface area contributed by atoms with Gasteiger partial charge in [-0.25, -0.2) is 4.98 Å². The fourth-order valence-corrected chi connectivity index (χ4v) is 5.52. The van der Waals surface area contributed by atoms with Gasteiger partial charge in [0.05, 0.1) is 19.1 Å². The smallest absolute Gasteiger partial charge is 0.306 e. The number of amides is 1. The predicted octanol–water partition coefficient (Wildman–Crippen LogP) is 4.70. The second-order valence-electron chi connectivity index (χ2n) is 10.7. The van der Waals surface area contributed by atoms with Gasteiger partial charge in [0, 0.05) is 31.0 Å². The van der Waals surface area contributed by atoms with E-state index in [1.165, 1.54) is 12.0 Å². The Morgan fingerprint density at radius 3 is 2.66 bits per heavy atom. The van der Waals surface area contributed by atoms with E-state index in [0.717, 1.165) is 61.3 Å². The molecule has 1 unspecified atom stereocenters. The lowest BCUT2D eigenvalue weighted by molar-refractivity contribution is -0.143. The summed E-state index contributed by atoms with van der Waals surface area (Å²) in [5, 5.41) is 15.9. The minimum absolute atomic E-state index is 0.189. The number of aromatic nitrogens is 1. The molecule has 38 heavy (non-hydrogen) atoms. The van der Waals surface area contributed by atoms with Crippen molar-refractivity contribution in [2.24, 2.45) is 11.8 Å². The van der Waals surface area contributed by atoms with Gasteiger partial charge in [-0.15, -0.1) is 0 Å². The van der Waals surface area contributed by atoms with Gasteiger partial charge in [0.15, 0.2) is 0 Å². The van der Waals surface area contributed by atoms with Crippen LogP contribution in [0.5, 0.6) is 5.75 Å². The van der Waals surface area contributed by atoms with Gasteiger partial charge in [-0.3, -0.25) is 9.59 Å². The summed E-state index contributed by atoms with van der Waals surface area (Å²) < 4.78 is 11.2. The summed E-state index contributed by atoms with van der Waals surface area (Å²) in [5.74, 6) is 0.823. The van der Waals surface area contributed by atoms with Crippen LogP contribution in [0.15, 0.2) is 24.3 Å². The van der Waals surface area contributed by atoms with Gasteiger partial charge in [0.1, 0.15) is 11.6 Å². The first kappa shape index (κ1) is 27.9. The molecule has 3 N–H and O–H groups in total. The van der Waals surface area contributed by atoms with Crippen LogP contribution in [0.2, 0.25) is 0 Å².